The van der Waals surface area contributed by atoms with Crippen molar-refractivity contribution in [3.05, 3.63) is 42.0 Å². The Balaban J connectivity index is 2.80. The third-order valence-electron chi connectivity index (χ3n) is 1.93. The maximum absolute atomic E-state index is 10.2. The highest BCUT2D eigenvalue weighted by Gasteiger charge is 2.13. The van der Waals surface area contributed by atoms with Crippen LogP contribution in [0.5, 0.6) is 0 Å². The SMILES string of the molecule is O=C(O)/C=C/Cc1ccccc1B(O)O. The largest absolute Gasteiger partial charge is 0.488 e. The molecule has 0 amide bonds. The van der Waals surface area contributed by atoms with Gasteiger partial charge in [-0.1, -0.05) is 30.3 Å². The summed E-state index contributed by atoms with van der Waals surface area (Å²) in [6.45, 7) is 0. The van der Waals surface area contributed by atoms with E-state index in [0.717, 1.165) is 6.08 Å². The van der Waals surface area contributed by atoms with Gasteiger partial charge < -0.3 is 15.2 Å². The summed E-state index contributed by atoms with van der Waals surface area (Å²) in [5.74, 6) is -1.02. The lowest BCUT2D eigenvalue weighted by Gasteiger charge is -2.05. The highest BCUT2D eigenvalue weighted by Crippen LogP contribution is 1.99. The van der Waals surface area contributed by atoms with E-state index >= 15 is 0 Å². The number of carbonyl (C=O) groups is 1. The van der Waals surface area contributed by atoms with Gasteiger partial charge in [0.1, 0.15) is 0 Å². The van der Waals surface area contributed by atoms with Crippen molar-refractivity contribution in [1.29, 1.82) is 0 Å². The zero-order chi connectivity index (χ0) is 11.3. The normalized spacial score (nSPS) is 10.5. The van der Waals surface area contributed by atoms with Crippen molar-refractivity contribution in [3.8, 4) is 0 Å². The number of allylic oxidation sites excluding steroid dienone is 1. The Bertz CT molecular complexity index is 373. The van der Waals surface area contributed by atoms with E-state index in [2.05, 4.69) is 0 Å². The molecule has 0 saturated carbocycles. The number of benzene rings is 1. The summed E-state index contributed by atoms with van der Waals surface area (Å²) in [5.41, 5.74) is 1.09. The fourth-order valence-electron chi connectivity index (χ4n) is 1.26. The van der Waals surface area contributed by atoms with Crippen LogP contribution in [-0.4, -0.2) is 28.2 Å². The standard InChI is InChI=1S/C10H11BO4/c12-10(13)7-3-5-8-4-1-2-6-9(8)11(14)15/h1-4,6-7,14-15H,5H2,(H,12,13)/b7-3+. The van der Waals surface area contributed by atoms with Crippen molar-refractivity contribution >= 4 is 18.6 Å². The minimum Gasteiger partial charge on any atom is -0.478 e. The van der Waals surface area contributed by atoms with Crippen LogP contribution in [0.4, 0.5) is 0 Å². The number of hydrogen-bond acceptors (Lipinski definition) is 3. The molecule has 78 valence electrons. The first-order valence-electron chi connectivity index (χ1n) is 4.44. The first kappa shape index (κ1) is 11.5. The second kappa shape index (κ2) is 5.33. The van der Waals surface area contributed by atoms with E-state index in [4.69, 9.17) is 15.2 Å². The van der Waals surface area contributed by atoms with Crippen molar-refractivity contribution in [2.45, 2.75) is 6.42 Å². The summed E-state index contributed by atoms with van der Waals surface area (Å²) in [5, 5.41) is 26.4. The van der Waals surface area contributed by atoms with Crippen LogP contribution >= 0.6 is 0 Å². The average molecular weight is 206 g/mol. The molecule has 0 atom stereocenters. The fourth-order valence-corrected chi connectivity index (χ4v) is 1.26. The van der Waals surface area contributed by atoms with Crippen molar-refractivity contribution in [1.82, 2.24) is 0 Å². The van der Waals surface area contributed by atoms with E-state index in [9.17, 15) is 4.79 Å². The molecule has 0 fully saturated rings. The number of rotatable bonds is 4. The van der Waals surface area contributed by atoms with E-state index < -0.39 is 13.1 Å². The molecule has 0 spiro atoms. The molecule has 0 aromatic heterocycles. The highest BCUT2D eigenvalue weighted by molar-refractivity contribution is 6.59. The van der Waals surface area contributed by atoms with Gasteiger partial charge in [-0.25, -0.2) is 4.79 Å². The molecule has 0 aliphatic rings. The van der Waals surface area contributed by atoms with Crippen LogP contribution in [0.25, 0.3) is 0 Å². The van der Waals surface area contributed by atoms with Crippen molar-refractivity contribution in [3.63, 3.8) is 0 Å². The van der Waals surface area contributed by atoms with Gasteiger partial charge in [-0.3, -0.25) is 0 Å². The van der Waals surface area contributed by atoms with Crippen molar-refractivity contribution < 1.29 is 19.9 Å². The Morgan fingerprint density at radius 2 is 2.00 bits per heavy atom. The Kier molecular flexibility index (Phi) is 4.09. The molecule has 0 saturated heterocycles. The molecule has 15 heavy (non-hydrogen) atoms. The molecule has 1 aromatic carbocycles. The molecule has 5 heteroatoms. The molecule has 0 unspecified atom stereocenters. The summed E-state index contributed by atoms with van der Waals surface area (Å²) in [7, 11) is -1.53. The van der Waals surface area contributed by atoms with Gasteiger partial charge in [0.05, 0.1) is 0 Å². The Morgan fingerprint density at radius 3 is 2.60 bits per heavy atom. The third kappa shape index (κ3) is 3.57. The zero-order valence-corrected chi connectivity index (χ0v) is 8.00. The van der Waals surface area contributed by atoms with Crippen LogP contribution in [0.2, 0.25) is 0 Å². The summed E-state index contributed by atoms with van der Waals surface area (Å²) in [6.07, 6.45) is 2.85. The second-order valence-electron chi connectivity index (χ2n) is 3.02. The second-order valence-corrected chi connectivity index (χ2v) is 3.02. The smallest absolute Gasteiger partial charge is 0.478 e. The van der Waals surface area contributed by atoms with Crippen molar-refractivity contribution in [2.24, 2.45) is 0 Å². The molecule has 0 radical (unpaired) electrons. The minimum atomic E-state index is -1.53. The van der Waals surface area contributed by atoms with E-state index in [-0.39, 0.29) is 0 Å². The predicted molar refractivity (Wildman–Crippen MR) is 56.7 cm³/mol. The lowest BCUT2D eigenvalue weighted by atomic mass is 9.76. The highest BCUT2D eigenvalue weighted by atomic mass is 16.4. The van der Waals surface area contributed by atoms with Gasteiger partial charge in [0.2, 0.25) is 0 Å². The summed E-state index contributed by atoms with van der Waals surface area (Å²) in [6, 6.07) is 6.77. The van der Waals surface area contributed by atoms with Crippen LogP contribution in [0.3, 0.4) is 0 Å². The molecule has 0 bridgehead atoms. The Morgan fingerprint density at radius 1 is 1.33 bits per heavy atom. The first-order valence-corrected chi connectivity index (χ1v) is 4.44. The molecule has 0 heterocycles. The molecule has 3 N–H and O–H groups in total. The van der Waals surface area contributed by atoms with Crippen molar-refractivity contribution in [2.75, 3.05) is 0 Å². The van der Waals surface area contributed by atoms with E-state index in [0.29, 0.717) is 17.4 Å². The van der Waals surface area contributed by atoms with Gasteiger partial charge in [0.25, 0.3) is 0 Å². The molecule has 4 nitrogen and oxygen atoms in total. The summed E-state index contributed by atoms with van der Waals surface area (Å²) < 4.78 is 0. The maximum Gasteiger partial charge on any atom is 0.488 e. The Labute approximate surface area is 87.6 Å². The lowest BCUT2D eigenvalue weighted by Crippen LogP contribution is -2.32. The van der Waals surface area contributed by atoms with E-state index in [1.165, 1.54) is 6.08 Å². The topological polar surface area (TPSA) is 77.8 Å². The molecule has 0 aliphatic heterocycles. The lowest BCUT2D eigenvalue weighted by molar-refractivity contribution is -0.131. The van der Waals surface area contributed by atoms with Crippen LogP contribution in [-0.2, 0) is 11.2 Å². The first-order chi connectivity index (χ1) is 7.11. The predicted octanol–water partition coefficient (Wildman–Crippen LogP) is -0.450. The van der Waals surface area contributed by atoms with Crippen LogP contribution in [0.15, 0.2) is 36.4 Å². The summed E-state index contributed by atoms with van der Waals surface area (Å²) in [4.78, 5) is 10.2. The van der Waals surface area contributed by atoms with Gasteiger partial charge in [-0.2, -0.15) is 0 Å². The zero-order valence-electron chi connectivity index (χ0n) is 8.00. The number of carboxylic acid groups (broad SMARTS) is 1. The van der Waals surface area contributed by atoms with Gasteiger partial charge >= 0.3 is 13.1 Å². The van der Waals surface area contributed by atoms with Crippen LogP contribution in [0, 0.1) is 0 Å². The molecular formula is C10H11BO4. The van der Waals surface area contributed by atoms with E-state index in [1.807, 2.05) is 0 Å². The van der Waals surface area contributed by atoms with Gasteiger partial charge in [-0.15, -0.1) is 0 Å². The van der Waals surface area contributed by atoms with E-state index in [1.54, 1.807) is 24.3 Å². The summed E-state index contributed by atoms with van der Waals surface area (Å²) >= 11 is 0. The molecule has 0 aliphatic carbocycles. The number of aliphatic carboxylic acids is 1. The minimum absolute atomic E-state index is 0.361. The Hall–Kier alpha value is -1.59. The van der Waals surface area contributed by atoms with Gasteiger partial charge in [0, 0.05) is 6.08 Å². The number of hydrogen-bond donors (Lipinski definition) is 3. The van der Waals surface area contributed by atoms with Crippen LogP contribution in [0.1, 0.15) is 5.56 Å². The maximum atomic E-state index is 10.2. The molecular weight excluding hydrogens is 195 g/mol. The molecule has 1 aromatic rings. The molecule has 1 rings (SSSR count). The monoisotopic (exact) mass is 206 g/mol. The third-order valence-corrected chi connectivity index (χ3v) is 1.93. The average Bonchev–Trinajstić information content (AvgIpc) is 2.17. The van der Waals surface area contributed by atoms with Gasteiger partial charge in [-0.05, 0) is 17.4 Å². The quantitative estimate of drug-likeness (QED) is 0.460. The van der Waals surface area contributed by atoms with Gasteiger partial charge in [0.15, 0.2) is 0 Å². The van der Waals surface area contributed by atoms with Crippen LogP contribution < -0.4 is 5.46 Å². The fraction of sp³-hybridized carbons (Fsp3) is 0.100. The number of carboxylic acids is 1.